The molecule has 1 aliphatic carbocycles. The zero-order valence-corrected chi connectivity index (χ0v) is 22.0. The highest BCUT2D eigenvalue weighted by molar-refractivity contribution is 6.31. The average Bonchev–Trinajstić information content (AvgIpc) is 3.59. The number of fused-ring (bicyclic) bond motifs is 1. The van der Waals surface area contributed by atoms with Gasteiger partial charge in [0.25, 0.3) is 0 Å². The third-order valence-corrected chi connectivity index (χ3v) is 6.86. The highest BCUT2D eigenvalue weighted by atomic mass is 35.5. The number of halogens is 2. The van der Waals surface area contributed by atoms with E-state index < -0.39 is 5.82 Å². The van der Waals surface area contributed by atoms with Crippen molar-refractivity contribution in [2.24, 2.45) is 5.92 Å². The van der Waals surface area contributed by atoms with E-state index in [-0.39, 0.29) is 17.0 Å². The van der Waals surface area contributed by atoms with Gasteiger partial charge in [0.05, 0.1) is 28.9 Å². The molecule has 2 N–H and O–H groups in total. The summed E-state index contributed by atoms with van der Waals surface area (Å²) in [5.74, 6) is 0.824. The maximum absolute atomic E-state index is 13.6. The van der Waals surface area contributed by atoms with Crippen LogP contribution < -0.4 is 15.4 Å². The summed E-state index contributed by atoms with van der Waals surface area (Å²) in [4.78, 5) is 23.7. The van der Waals surface area contributed by atoms with Crippen molar-refractivity contribution in [3.05, 3.63) is 59.7 Å². The van der Waals surface area contributed by atoms with Crippen LogP contribution in [-0.2, 0) is 9.53 Å². The lowest BCUT2D eigenvalue weighted by Gasteiger charge is -2.18. The van der Waals surface area contributed by atoms with E-state index in [1.807, 2.05) is 13.1 Å². The van der Waals surface area contributed by atoms with Crippen molar-refractivity contribution in [2.45, 2.75) is 31.8 Å². The number of hydrogen-bond acceptors (Lipinski definition) is 7. The van der Waals surface area contributed by atoms with Crippen molar-refractivity contribution < 1.29 is 18.7 Å². The molecule has 2 fully saturated rings. The maximum Gasteiger partial charge on any atom is 0.248 e. The van der Waals surface area contributed by atoms with Crippen LogP contribution in [-0.4, -0.2) is 60.2 Å². The second-order valence-corrected chi connectivity index (χ2v) is 10.3. The molecule has 1 amide bonds. The van der Waals surface area contributed by atoms with Crippen molar-refractivity contribution >= 4 is 45.6 Å². The lowest BCUT2D eigenvalue weighted by Crippen LogP contribution is -2.28. The monoisotopic (exact) mass is 539 g/mol. The first kappa shape index (κ1) is 26.3. The van der Waals surface area contributed by atoms with Crippen molar-refractivity contribution in [1.82, 2.24) is 14.9 Å². The number of likely N-dealkylation sites (N-methyl/N-ethyl adjacent to an activating group) is 1. The molecule has 5 rings (SSSR count). The number of rotatable bonds is 11. The Morgan fingerprint density at radius 3 is 2.89 bits per heavy atom. The Balaban J connectivity index is 1.33. The fourth-order valence-corrected chi connectivity index (χ4v) is 4.51. The molecule has 1 aromatic heterocycles. The summed E-state index contributed by atoms with van der Waals surface area (Å²) in [5.41, 5.74) is 1.74. The molecule has 0 unspecified atom stereocenters. The minimum Gasteiger partial charge on any atom is -0.491 e. The molecule has 200 valence electrons. The van der Waals surface area contributed by atoms with Crippen LogP contribution >= 0.6 is 11.6 Å². The Kier molecular flexibility index (Phi) is 8.36. The summed E-state index contributed by atoms with van der Waals surface area (Å²) >= 11 is 5.94. The predicted molar refractivity (Wildman–Crippen MR) is 147 cm³/mol. The molecule has 2 aromatic carbocycles. The third-order valence-electron chi connectivity index (χ3n) is 6.57. The van der Waals surface area contributed by atoms with Gasteiger partial charge in [0.1, 0.15) is 23.7 Å². The van der Waals surface area contributed by atoms with Crippen molar-refractivity contribution in [1.29, 1.82) is 0 Å². The molecule has 0 spiro atoms. The fourth-order valence-electron chi connectivity index (χ4n) is 4.33. The smallest absolute Gasteiger partial charge is 0.248 e. The van der Waals surface area contributed by atoms with Crippen molar-refractivity contribution in [2.75, 3.05) is 44.0 Å². The lowest BCUT2D eigenvalue weighted by molar-refractivity contribution is -0.111. The normalized spacial score (nSPS) is 17.4. The third kappa shape index (κ3) is 6.98. The Bertz CT molecular complexity index is 1330. The van der Waals surface area contributed by atoms with Gasteiger partial charge < -0.3 is 25.0 Å². The van der Waals surface area contributed by atoms with E-state index in [2.05, 4.69) is 25.5 Å². The number of carbonyl (C=O) groups is 1. The average molecular weight is 540 g/mol. The number of aromatic nitrogens is 2. The molecule has 2 aliphatic rings. The summed E-state index contributed by atoms with van der Waals surface area (Å²) in [7, 11) is 2.01. The molecule has 10 heteroatoms. The Morgan fingerprint density at radius 2 is 2.13 bits per heavy atom. The molecule has 1 aliphatic heterocycles. The topological polar surface area (TPSA) is 88.6 Å². The first-order valence-corrected chi connectivity index (χ1v) is 13.2. The van der Waals surface area contributed by atoms with E-state index >= 15 is 0 Å². The van der Waals surface area contributed by atoms with Gasteiger partial charge in [-0.25, -0.2) is 14.4 Å². The molecule has 8 nitrogen and oxygen atoms in total. The Hall–Kier alpha value is -3.27. The minimum atomic E-state index is -0.502. The van der Waals surface area contributed by atoms with Gasteiger partial charge >= 0.3 is 0 Å². The van der Waals surface area contributed by atoms with Gasteiger partial charge in [0, 0.05) is 42.9 Å². The molecule has 1 atom stereocenters. The first-order chi connectivity index (χ1) is 18.4. The SMILES string of the molecule is CN(CC=CC(=O)Nc1cc2c(Nc3ccc(F)c(Cl)c3)ncnc2cc1OCC1CC1)C[C@@H]1CCCO1. The zero-order chi connectivity index (χ0) is 26.5. The molecular formula is C28H31ClFN5O3. The number of benzene rings is 2. The van der Waals surface area contributed by atoms with E-state index in [1.165, 1.54) is 24.5 Å². The van der Waals surface area contributed by atoms with Crippen LogP contribution in [0.4, 0.5) is 21.6 Å². The number of anilines is 3. The summed E-state index contributed by atoms with van der Waals surface area (Å²) < 4.78 is 25.4. The highest BCUT2D eigenvalue weighted by Gasteiger charge is 2.23. The first-order valence-electron chi connectivity index (χ1n) is 12.9. The van der Waals surface area contributed by atoms with Crippen LogP contribution in [0.15, 0.2) is 48.8 Å². The zero-order valence-electron chi connectivity index (χ0n) is 21.3. The summed E-state index contributed by atoms with van der Waals surface area (Å²) in [6.45, 7) is 2.89. The van der Waals surface area contributed by atoms with E-state index in [4.69, 9.17) is 21.1 Å². The van der Waals surface area contributed by atoms with Gasteiger partial charge in [-0.05, 0) is 62.9 Å². The standard InChI is InChI=1S/C28H31ClFN5O3/c1-35(15-20-4-3-11-37-20)10-2-5-27(36)34-25-13-21-24(14-26(25)38-16-18-6-7-18)31-17-32-28(21)33-19-8-9-23(30)22(29)12-19/h2,5,8-9,12-14,17-18,20H,3-4,6-7,10-11,15-16H2,1H3,(H,34,36)(H,31,32,33)/t20-/m0/s1. The predicted octanol–water partition coefficient (Wildman–Crippen LogP) is 5.56. The second-order valence-electron chi connectivity index (χ2n) is 9.84. The van der Waals surface area contributed by atoms with Crippen LogP contribution in [0, 0.1) is 11.7 Å². The fraction of sp³-hybridized carbons (Fsp3) is 0.393. The molecule has 0 radical (unpaired) electrons. The van der Waals surface area contributed by atoms with Gasteiger partial charge in [-0.15, -0.1) is 0 Å². The van der Waals surface area contributed by atoms with Crippen molar-refractivity contribution in [3.8, 4) is 5.75 Å². The highest BCUT2D eigenvalue weighted by Crippen LogP contribution is 2.36. The maximum atomic E-state index is 13.6. The van der Waals surface area contributed by atoms with E-state index in [0.29, 0.717) is 52.9 Å². The summed E-state index contributed by atoms with van der Waals surface area (Å²) in [6.07, 6.45) is 9.55. The van der Waals surface area contributed by atoms with Crippen LogP contribution in [0.1, 0.15) is 25.7 Å². The van der Waals surface area contributed by atoms with E-state index in [9.17, 15) is 9.18 Å². The van der Waals surface area contributed by atoms with Crippen molar-refractivity contribution in [3.63, 3.8) is 0 Å². The summed E-state index contributed by atoms with van der Waals surface area (Å²) in [6, 6.07) is 7.94. The van der Waals surface area contributed by atoms with E-state index in [1.54, 1.807) is 18.2 Å². The van der Waals surface area contributed by atoms with Gasteiger partial charge in [-0.2, -0.15) is 0 Å². The van der Waals surface area contributed by atoms with Crippen LogP contribution in [0.2, 0.25) is 5.02 Å². The Labute approximate surface area is 226 Å². The van der Waals surface area contributed by atoms with E-state index in [0.717, 1.165) is 38.8 Å². The lowest BCUT2D eigenvalue weighted by atomic mass is 10.1. The molecule has 1 saturated heterocycles. The van der Waals surface area contributed by atoms with Crippen LogP contribution in [0.25, 0.3) is 10.9 Å². The molecule has 1 saturated carbocycles. The quantitative estimate of drug-likeness (QED) is 0.308. The Morgan fingerprint density at radius 1 is 1.26 bits per heavy atom. The van der Waals surface area contributed by atoms with Gasteiger partial charge in [0.2, 0.25) is 5.91 Å². The molecular weight excluding hydrogens is 509 g/mol. The van der Waals surface area contributed by atoms with Gasteiger partial charge in [-0.3, -0.25) is 4.79 Å². The number of carbonyl (C=O) groups excluding carboxylic acids is 1. The molecule has 3 aromatic rings. The summed E-state index contributed by atoms with van der Waals surface area (Å²) in [5, 5.41) is 6.79. The van der Waals surface area contributed by atoms with Crippen LogP contribution in [0.3, 0.4) is 0 Å². The van der Waals surface area contributed by atoms with Crippen LogP contribution in [0.5, 0.6) is 5.75 Å². The second kappa shape index (κ2) is 12.1. The number of nitrogens with zero attached hydrogens (tertiary/aromatic N) is 3. The minimum absolute atomic E-state index is 0.00489. The largest absolute Gasteiger partial charge is 0.491 e. The number of amides is 1. The number of nitrogens with one attached hydrogen (secondary N) is 2. The molecule has 38 heavy (non-hydrogen) atoms. The van der Waals surface area contributed by atoms with Gasteiger partial charge in [-0.1, -0.05) is 17.7 Å². The number of ether oxygens (including phenoxy) is 2. The molecule has 0 bridgehead atoms. The molecule has 2 heterocycles. The van der Waals surface area contributed by atoms with Gasteiger partial charge in [0.15, 0.2) is 0 Å². The number of hydrogen-bond donors (Lipinski definition) is 2.